The van der Waals surface area contributed by atoms with Gasteiger partial charge in [0.05, 0.1) is 18.3 Å². The molecule has 0 bridgehead atoms. The highest BCUT2D eigenvalue weighted by Crippen LogP contribution is 2.35. The molecule has 3 rings (SSSR count). The number of ether oxygens (including phenoxy) is 1. The van der Waals surface area contributed by atoms with Crippen LogP contribution in [0.3, 0.4) is 0 Å². The number of allylic oxidation sites excluding steroid dienone is 2. The summed E-state index contributed by atoms with van der Waals surface area (Å²) < 4.78 is 5.26. The number of carbonyl (C=O) groups is 3. The fourth-order valence-corrected chi connectivity index (χ4v) is 3.29. The van der Waals surface area contributed by atoms with E-state index in [1.165, 1.54) is 4.90 Å². The van der Waals surface area contributed by atoms with E-state index in [9.17, 15) is 14.4 Å². The fourth-order valence-electron chi connectivity index (χ4n) is 3.29. The number of hydrogen-bond donors (Lipinski definition) is 0. The molecular formula is C19H21NO4. The summed E-state index contributed by atoms with van der Waals surface area (Å²) in [4.78, 5) is 37.8. The third-order valence-corrected chi connectivity index (χ3v) is 4.79. The number of likely N-dealkylation sites (tertiary alicyclic amines) is 1. The maximum absolute atomic E-state index is 12.3. The van der Waals surface area contributed by atoms with E-state index in [0.717, 1.165) is 11.1 Å². The van der Waals surface area contributed by atoms with Crippen LogP contribution in [0.4, 0.5) is 0 Å². The van der Waals surface area contributed by atoms with Crippen molar-refractivity contribution in [3.05, 3.63) is 47.5 Å². The standard InChI is InChI=1S/C19H21NO4/c1-13-6-2-3-7-14(13)12-24-17(21)10-11-20-18(22)15-8-4-5-9-16(15)19(20)23/h2-7,15-16H,8-12H2,1H3. The number of carbonyl (C=O) groups excluding carboxylic acids is 3. The first-order chi connectivity index (χ1) is 11.6. The number of fused-ring (bicyclic) bond motifs is 1. The molecule has 2 atom stereocenters. The molecule has 0 spiro atoms. The van der Waals surface area contributed by atoms with Gasteiger partial charge in [0.25, 0.3) is 0 Å². The zero-order valence-corrected chi connectivity index (χ0v) is 13.7. The van der Waals surface area contributed by atoms with Crippen LogP contribution in [0.2, 0.25) is 0 Å². The van der Waals surface area contributed by atoms with E-state index in [4.69, 9.17) is 4.74 Å². The molecule has 5 heteroatoms. The predicted molar refractivity (Wildman–Crippen MR) is 87.7 cm³/mol. The van der Waals surface area contributed by atoms with Crippen LogP contribution in [-0.4, -0.2) is 29.2 Å². The van der Waals surface area contributed by atoms with Gasteiger partial charge in [-0.2, -0.15) is 0 Å². The van der Waals surface area contributed by atoms with E-state index in [-0.39, 0.29) is 43.2 Å². The fraction of sp³-hybridized carbons (Fsp3) is 0.421. The van der Waals surface area contributed by atoms with Gasteiger partial charge in [-0.15, -0.1) is 0 Å². The van der Waals surface area contributed by atoms with Gasteiger partial charge in [0.2, 0.25) is 11.8 Å². The first kappa shape index (κ1) is 16.4. The minimum absolute atomic E-state index is 0.0379. The second-order valence-corrected chi connectivity index (χ2v) is 6.32. The molecule has 0 N–H and O–H groups in total. The number of rotatable bonds is 5. The zero-order chi connectivity index (χ0) is 17.1. The molecule has 1 aromatic carbocycles. The van der Waals surface area contributed by atoms with Crippen molar-refractivity contribution in [3.8, 4) is 0 Å². The van der Waals surface area contributed by atoms with Crippen LogP contribution in [0, 0.1) is 18.8 Å². The molecule has 2 unspecified atom stereocenters. The van der Waals surface area contributed by atoms with Gasteiger partial charge in [0.1, 0.15) is 6.61 Å². The van der Waals surface area contributed by atoms with Crippen molar-refractivity contribution in [1.82, 2.24) is 4.90 Å². The predicted octanol–water partition coefficient (Wildman–Crippen LogP) is 2.38. The third kappa shape index (κ3) is 3.25. The Morgan fingerprint density at radius 1 is 1.12 bits per heavy atom. The van der Waals surface area contributed by atoms with Gasteiger partial charge >= 0.3 is 5.97 Å². The lowest BCUT2D eigenvalue weighted by molar-refractivity contribution is -0.146. The molecular weight excluding hydrogens is 306 g/mol. The molecule has 1 aliphatic heterocycles. The van der Waals surface area contributed by atoms with E-state index in [2.05, 4.69) is 0 Å². The highest BCUT2D eigenvalue weighted by Gasteiger charge is 2.46. The van der Waals surface area contributed by atoms with Crippen LogP contribution in [0.1, 0.15) is 30.4 Å². The first-order valence-electron chi connectivity index (χ1n) is 8.28. The van der Waals surface area contributed by atoms with E-state index in [0.29, 0.717) is 12.8 Å². The van der Waals surface area contributed by atoms with E-state index >= 15 is 0 Å². The van der Waals surface area contributed by atoms with Crippen molar-refractivity contribution in [2.45, 2.75) is 32.8 Å². The van der Waals surface area contributed by atoms with Crippen molar-refractivity contribution >= 4 is 17.8 Å². The Hall–Kier alpha value is -2.43. The summed E-state index contributed by atoms with van der Waals surface area (Å²) in [5, 5.41) is 0. The monoisotopic (exact) mass is 327 g/mol. The van der Waals surface area contributed by atoms with Crippen molar-refractivity contribution in [3.63, 3.8) is 0 Å². The minimum atomic E-state index is -0.396. The zero-order valence-electron chi connectivity index (χ0n) is 13.7. The maximum atomic E-state index is 12.3. The molecule has 0 saturated carbocycles. The average molecular weight is 327 g/mol. The van der Waals surface area contributed by atoms with Crippen LogP contribution in [0.5, 0.6) is 0 Å². The molecule has 1 aliphatic carbocycles. The van der Waals surface area contributed by atoms with Crippen LogP contribution < -0.4 is 0 Å². The number of hydrogen-bond acceptors (Lipinski definition) is 4. The minimum Gasteiger partial charge on any atom is -0.461 e. The summed E-state index contributed by atoms with van der Waals surface area (Å²) in [5.41, 5.74) is 2.02. The molecule has 5 nitrogen and oxygen atoms in total. The van der Waals surface area contributed by atoms with Crippen molar-refractivity contribution in [2.75, 3.05) is 6.54 Å². The van der Waals surface area contributed by atoms with Crippen molar-refractivity contribution < 1.29 is 19.1 Å². The van der Waals surface area contributed by atoms with Crippen LogP contribution in [0.15, 0.2) is 36.4 Å². The summed E-state index contributed by atoms with van der Waals surface area (Å²) in [5.74, 6) is -1.19. The normalized spacial score (nSPS) is 22.6. The average Bonchev–Trinajstić information content (AvgIpc) is 2.84. The lowest BCUT2D eigenvalue weighted by Crippen LogP contribution is -2.33. The molecule has 1 aromatic rings. The van der Waals surface area contributed by atoms with Gasteiger partial charge in [-0.3, -0.25) is 19.3 Å². The number of amides is 2. The van der Waals surface area contributed by atoms with E-state index < -0.39 is 5.97 Å². The number of imide groups is 1. The Balaban J connectivity index is 1.51. The van der Waals surface area contributed by atoms with E-state index in [1.807, 2.05) is 43.3 Å². The van der Waals surface area contributed by atoms with Crippen LogP contribution in [-0.2, 0) is 25.7 Å². The molecule has 0 aromatic heterocycles. The van der Waals surface area contributed by atoms with Gasteiger partial charge in [-0.1, -0.05) is 36.4 Å². The number of nitrogens with zero attached hydrogens (tertiary/aromatic N) is 1. The molecule has 1 fully saturated rings. The van der Waals surface area contributed by atoms with Gasteiger partial charge in [-0.05, 0) is 30.9 Å². The van der Waals surface area contributed by atoms with Crippen LogP contribution >= 0.6 is 0 Å². The third-order valence-electron chi connectivity index (χ3n) is 4.79. The molecule has 126 valence electrons. The summed E-state index contributed by atoms with van der Waals surface area (Å²) in [7, 11) is 0. The van der Waals surface area contributed by atoms with E-state index in [1.54, 1.807) is 0 Å². The van der Waals surface area contributed by atoms with Crippen molar-refractivity contribution in [1.29, 1.82) is 0 Å². The SMILES string of the molecule is Cc1ccccc1COC(=O)CCN1C(=O)C2CC=CCC2C1=O. The molecule has 2 amide bonds. The highest BCUT2D eigenvalue weighted by molar-refractivity contribution is 6.05. The van der Waals surface area contributed by atoms with Crippen molar-refractivity contribution in [2.24, 2.45) is 11.8 Å². The van der Waals surface area contributed by atoms with Gasteiger partial charge in [0.15, 0.2) is 0 Å². The number of esters is 1. The second kappa shape index (κ2) is 6.99. The Morgan fingerprint density at radius 2 is 1.75 bits per heavy atom. The summed E-state index contributed by atoms with van der Waals surface area (Å²) >= 11 is 0. The summed E-state index contributed by atoms with van der Waals surface area (Å²) in [6.45, 7) is 2.28. The topological polar surface area (TPSA) is 63.7 Å². The Kier molecular flexibility index (Phi) is 4.79. The molecule has 1 saturated heterocycles. The van der Waals surface area contributed by atoms with Crippen LogP contribution in [0.25, 0.3) is 0 Å². The Labute approximate surface area is 141 Å². The molecule has 24 heavy (non-hydrogen) atoms. The largest absolute Gasteiger partial charge is 0.461 e. The van der Waals surface area contributed by atoms with Gasteiger partial charge in [0, 0.05) is 6.54 Å². The second-order valence-electron chi connectivity index (χ2n) is 6.32. The Bertz CT molecular complexity index is 668. The molecule has 0 radical (unpaired) electrons. The lowest BCUT2D eigenvalue weighted by atomic mass is 9.85. The summed E-state index contributed by atoms with van der Waals surface area (Å²) in [6, 6.07) is 7.70. The van der Waals surface area contributed by atoms with Gasteiger partial charge in [-0.25, -0.2) is 0 Å². The van der Waals surface area contributed by atoms with Gasteiger partial charge < -0.3 is 4.74 Å². The first-order valence-corrected chi connectivity index (χ1v) is 8.28. The maximum Gasteiger partial charge on any atom is 0.307 e. The summed E-state index contributed by atoms with van der Waals surface area (Å²) in [6.07, 6.45) is 5.17. The smallest absolute Gasteiger partial charge is 0.307 e. The quantitative estimate of drug-likeness (QED) is 0.473. The number of benzene rings is 1. The highest BCUT2D eigenvalue weighted by atomic mass is 16.5. The Morgan fingerprint density at radius 3 is 2.38 bits per heavy atom. The molecule has 2 aliphatic rings. The lowest BCUT2D eigenvalue weighted by Gasteiger charge is -2.14. The molecule has 1 heterocycles. The number of aryl methyl sites for hydroxylation is 1.